The van der Waals surface area contributed by atoms with E-state index in [2.05, 4.69) is 21.2 Å². The lowest BCUT2D eigenvalue weighted by atomic mass is 10.3. The highest BCUT2D eigenvalue weighted by Crippen LogP contribution is 2.25. The molecule has 0 aliphatic heterocycles. The molecular weight excluding hydrogens is 289 g/mol. The Morgan fingerprint density at radius 1 is 1.57 bits per heavy atom. The number of alkyl halides is 1. The first kappa shape index (κ1) is 11.8. The summed E-state index contributed by atoms with van der Waals surface area (Å²) in [4.78, 5) is 11.2. The lowest BCUT2D eigenvalue weighted by Crippen LogP contribution is -2.20. The molecule has 0 aromatic heterocycles. The summed E-state index contributed by atoms with van der Waals surface area (Å²) < 4.78 is 0.788. The molecule has 0 spiro atoms. The number of amides is 1. The highest BCUT2D eigenvalue weighted by Gasteiger charge is 2.09. The summed E-state index contributed by atoms with van der Waals surface area (Å²) >= 11 is 14.7. The first-order valence-corrected chi connectivity index (χ1v) is 5.51. The van der Waals surface area contributed by atoms with Crippen molar-refractivity contribution >= 4 is 50.7 Å². The van der Waals surface area contributed by atoms with Gasteiger partial charge in [-0.2, -0.15) is 0 Å². The van der Waals surface area contributed by atoms with E-state index >= 15 is 0 Å². The molecule has 1 unspecified atom stereocenters. The number of benzene rings is 1. The molecule has 14 heavy (non-hydrogen) atoms. The van der Waals surface area contributed by atoms with Crippen LogP contribution in [0.3, 0.4) is 0 Å². The van der Waals surface area contributed by atoms with Gasteiger partial charge in [0.1, 0.15) is 5.38 Å². The summed E-state index contributed by atoms with van der Waals surface area (Å²) in [5.74, 6) is -0.245. The molecule has 0 fully saturated rings. The van der Waals surface area contributed by atoms with Gasteiger partial charge in [-0.05, 0) is 41.1 Å². The van der Waals surface area contributed by atoms with Crippen LogP contribution in [0, 0.1) is 0 Å². The van der Waals surface area contributed by atoms with Crippen LogP contribution < -0.4 is 5.32 Å². The van der Waals surface area contributed by atoms with E-state index in [0.29, 0.717) is 10.7 Å². The quantitative estimate of drug-likeness (QED) is 0.829. The Labute approximate surface area is 101 Å². The van der Waals surface area contributed by atoms with Crippen molar-refractivity contribution in [3.05, 3.63) is 27.7 Å². The Bertz CT molecular complexity index is 355. The molecule has 1 aromatic rings. The summed E-state index contributed by atoms with van der Waals surface area (Å²) in [6.07, 6.45) is 0. The molecule has 0 aliphatic carbocycles. The Kier molecular flexibility index (Phi) is 4.23. The molecule has 0 aliphatic rings. The van der Waals surface area contributed by atoms with E-state index in [1.165, 1.54) is 0 Å². The molecule has 1 rings (SSSR count). The van der Waals surface area contributed by atoms with Crippen LogP contribution in [0.2, 0.25) is 5.02 Å². The van der Waals surface area contributed by atoms with Gasteiger partial charge in [0.05, 0.1) is 5.02 Å². The summed E-state index contributed by atoms with van der Waals surface area (Å²) in [6.45, 7) is 1.61. The van der Waals surface area contributed by atoms with Crippen LogP contribution in [0.4, 0.5) is 5.69 Å². The summed E-state index contributed by atoms with van der Waals surface area (Å²) in [5.41, 5.74) is 0.635. The number of anilines is 1. The smallest absolute Gasteiger partial charge is 0.242 e. The van der Waals surface area contributed by atoms with Crippen LogP contribution in [-0.4, -0.2) is 11.3 Å². The number of carbonyl (C=O) groups excluding carboxylic acids is 1. The van der Waals surface area contributed by atoms with Gasteiger partial charge in [0.15, 0.2) is 0 Å². The predicted octanol–water partition coefficient (Wildman–Crippen LogP) is 3.67. The minimum atomic E-state index is -0.558. The highest BCUT2D eigenvalue weighted by molar-refractivity contribution is 9.10. The van der Waals surface area contributed by atoms with Crippen molar-refractivity contribution < 1.29 is 4.79 Å². The molecule has 1 N–H and O–H groups in total. The summed E-state index contributed by atoms with van der Waals surface area (Å²) in [6, 6.07) is 5.16. The zero-order chi connectivity index (χ0) is 10.7. The van der Waals surface area contributed by atoms with Crippen molar-refractivity contribution in [3.63, 3.8) is 0 Å². The van der Waals surface area contributed by atoms with Gasteiger partial charge in [0.2, 0.25) is 5.91 Å². The lowest BCUT2D eigenvalue weighted by molar-refractivity contribution is -0.115. The molecule has 5 heteroatoms. The molecule has 2 nitrogen and oxygen atoms in total. The van der Waals surface area contributed by atoms with Gasteiger partial charge in [-0.3, -0.25) is 4.79 Å². The van der Waals surface area contributed by atoms with Gasteiger partial charge >= 0.3 is 0 Å². The van der Waals surface area contributed by atoms with Gasteiger partial charge < -0.3 is 5.32 Å². The van der Waals surface area contributed by atoms with Crippen LogP contribution >= 0.6 is 39.1 Å². The third kappa shape index (κ3) is 3.15. The van der Waals surface area contributed by atoms with Crippen molar-refractivity contribution in [2.45, 2.75) is 12.3 Å². The highest BCUT2D eigenvalue weighted by atomic mass is 79.9. The molecule has 76 valence electrons. The van der Waals surface area contributed by atoms with Crippen molar-refractivity contribution in [1.29, 1.82) is 0 Å². The minimum absolute atomic E-state index is 0.245. The fraction of sp³-hybridized carbons (Fsp3) is 0.222. The number of carbonyl (C=O) groups is 1. The minimum Gasteiger partial charge on any atom is -0.325 e. The van der Waals surface area contributed by atoms with Gasteiger partial charge in [0, 0.05) is 10.2 Å². The van der Waals surface area contributed by atoms with Gasteiger partial charge in [0.25, 0.3) is 0 Å². The molecule has 0 radical (unpaired) electrons. The molecule has 0 bridgehead atoms. The van der Waals surface area contributed by atoms with Crippen LogP contribution in [-0.2, 0) is 4.79 Å². The SMILES string of the molecule is CC(Cl)C(=O)Nc1ccc(Br)c(Cl)c1. The average Bonchev–Trinajstić information content (AvgIpc) is 2.11. The van der Waals surface area contributed by atoms with Crippen LogP contribution in [0.25, 0.3) is 0 Å². The van der Waals surface area contributed by atoms with Crippen molar-refractivity contribution in [2.24, 2.45) is 0 Å². The van der Waals surface area contributed by atoms with Crippen LogP contribution in [0.15, 0.2) is 22.7 Å². The van der Waals surface area contributed by atoms with E-state index in [4.69, 9.17) is 23.2 Å². The molecule has 0 saturated heterocycles. The van der Waals surface area contributed by atoms with Crippen molar-refractivity contribution in [3.8, 4) is 0 Å². The van der Waals surface area contributed by atoms with E-state index < -0.39 is 5.38 Å². The third-order valence-corrected chi connectivity index (χ3v) is 2.98. The lowest BCUT2D eigenvalue weighted by Gasteiger charge is -2.07. The maximum absolute atomic E-state index is 11.2. The maximum Gasteiger partial charge on any atom is 0.242 e. The summed E-state index contributed by atoms with van der Waals surface area (Å²) in [7, 11) is 0. The van der Waals surface area contributed by atoms with Gasteiger partial charge in [-0.1, -0.05) is 11.6 Å². The van der Waals surface area contributed by atoms with E-state index in [1.54, 1.807) is 25.1 Å². The molecule has 1 amide bonds. The van der Waals surface area contributed by atoms with E-state index in [-0.39, 0.29) is 5.91 Å². The third-order valence-electron chi connectivity index (χ3n) is 1.55. The average molecular weight is 297 g/mol. The number of hydrogen-bond donors (Lipinski definition) is 1. The first-order valence-electron chi connectivity index (χ1n) is 3.90. The van der Waals surface area contributed by atoms with Gasteiger partial charge in [-0.15, -0.1) is 11.6 Å². The number of nitrogens with one attached hydrogen (secondary N) is 1. The Morgan fingerprint density at radius 2 is 2.21 bits per heavy atom. The van der Waals surface area contributed by atoms with E-state index in [9.17, 15) is 4.79 Å². The molecule has 0 saturated carbocycles. The zero-order valence-electron chi connectivity index (χ0n) is 7.35. The van der Waals surface area contributed by atoms with Crippen LogP contribution in [0.1, 0.15) is 6.92 Å². The standard InChI is InChI=1S/C9H8BrCl2NO/c1-5(11)9(14)13-6-2-3-7(10)8(12)4-6/h2-5H,1H3,(H,13,14). The Morgan fingerprint density at radius 3 is 2.71 bits per heavy atom. The second-order valence-electron chi connectivity index (χ2n) is 2.73. The fourth-order valence-corrected chi connectivity index (χ4v) is 1.30. The largest absolute Gasteiger partial charge is 0.325 e. The van der Waals surface area contributed by atoms with E-state index in [0.717, 1.165) is 4.47 Å². The van der Waals surface area contributed by atoms with Crippen LogP contribution in [0.5, 0.6) is 0 Å². The van der Waals surface area contributed by atoms with Gasteiger partial charge in [-0.25, -0.2) is 0 Å². The molecule has 1 atom stereocenters. The predicted molar refractivity (Wildman–Crippen MR) is 63.1 cm³/mol. The second kappa shape index (κ2) is 5.01. The fourth-order valence-electron chi connectivity index (χ4n) is 0.816. The second-order valence-corrected chi connectivity index (χ2v) is 4.65. The van der Waals surface area contributed by atoms with Crippen molar-refractivity contribution in [2.75, 3.05) is 5.32 Å². The first-order chi connectivity index (χ1) is 6.50. The number of halogens is 3. The maximum atomic E-state index is 11.2. The number of hydrogen-bond acceptors (Lipinski definition) is 1. The Hall–Kier alpha value is -0.250. The topological polar surface area (TPSA) is 29.1 Å². The molecule has 0 heterocycles. The molecule has 1 aromatic carbocycles. The van der Waals surface area contributed by atoms with E-state index in [1.807, 2.05) is 0 Å². The Balaban J connectivity index is 2.78. The zero-order valence-corrected chi connectivity index (χ0v) is 10.4. The molecular formula is C9H8BrCl2NO. The van der Waals surface area contributed by atoms with Crippen molar-refractivity contribution in [1.82, 2.24) is 0 Å². The summed E-state index contributed by atoms with van der Waals surface area (Å²) in [5, 5.41) is 2.62. The monoisotopic (exact) mass is 295 g/mol. The normalized spacial score (nSPS) is 12.3. The number of rotatable bonds is 2.